The third kappa shape index (κ3) is 2.67. The number of aromatic nitrogens is 4. The molecule has 0 aromatic carbocycles. The van der Waals surface area contributed by atoms with Crippen molar-refractivity contribution in [3.8, 4) is 0 Å². The minimum atomic E-state index is -3.78. The van der Waals surface area contributed by atoms with E-state index in [4.69, 9.17) is 4.52 Å². The smallest absolute Gasteiger partial charge is 0.267 e. The molecule has 0 radical (unpaired) electrons. The van der Waals surface area contributed by atoms with E-state index in [1.807, 2.05) is 13.8 Å². The van der Waals surface area contributed by atoms with Gasteiger partial charge in [-0.15, -0.1) is 0 Å². The Balaban J connectivity index is 1.99. The van der Waals surface area contributed by atoms with Crippen LogP contribution in [0.1, 0.15) is 31.3 Å². The fourth-order valence-corrected chi connectivity index (χ4v) is 3.80. The van der Waals surface area contributed by atoms with Gasteiger partial charge in [0.1, 0.15) is 5.69 Å². The summed E-state index contributed by atoms with van der Waals surface area (Å²) in [5, 5.41) is 8.70. The summed E-state index contributed by atoms with van der Waals surface area (Å²) in [5.74, 6) is 0.247. The van der Waals surface area contributed by atoms with Crippen LogP contribution in [0.15, 0.2) is 27.9 Å². The van der Waals surface area contributed by atoms with Gasteiger partial charge in [0.25, 0.3) is 10.0 Å². The van der Waals surface area contributed by atoms with E-state index >= 15 is 0 Å². The standard InChI is InChI=1S/C14H17N5O3S/c1-8(2)19-14-11(6-16-19)5-12(7-15-14)18-23(20,21)13-9(3)17-22-10(13)4/h5-8,18H,1-4H3. The van der Waals surface area contributed by atoms with Gasteiger partial charge in [0, 0.05) is 11.4 Å². The highest BCUT2D eigenvalue weighted by Gasteiger charge is 2.24. The first-order valence-corrected chi connectivity index (χ1v) is 8.57. The zero-order valence-corrected chi connectivity index (χ0v) is 14.0. The molecule has 0 saturated heterocycles. The normalized spacial score (nSPS) is 12.2. The second kappa shape index (κ2) is 5.34. The van der Waals surface area contributed by atoms with Crippen LogP contribution in [0.2, 0.25) is 0 Å². The van der Waals surface area contributed by atoms with Gasteiger partial charge in [0.15, 0.2) is 16.3 Å². The second-order valence-corrected chi connectivity index (χ2v) is 7.20. The lowest BCUT2D eigenvalue weighted by atomic mass is 10.3. The number of nitrogens with zero attached hydrogens (tertiary/aromatic N) is 4. The topological polar surface area (TPSA) is 103 Å². The Bertz CT molecular complexity index is 952. The van der Waals surface area contributed by atoms with Crippen molar-refractivity contribution in [1.82, 2.24) is 19.9 Å². The van der Waals surface area contributed by atoms with E-state index in [1.54, 1.807) is 30.8 Å². The fraction of sp³-hybridized carbons (Fsp3) is 0.357. The van der Waals surface area contributed by atoms with Crippen LogP contribution in [0.25, 0.3) is 11.0 Å². The number of pyridine rings is 1. The first kappa shape index (κ1) is 15.5. The lowest BCUT2D eigenvalue weighted by Crippen LogP contribution is -2.14. The van der Waals surface area contributed by atoms with Crippen molar-refractivity contribution >= 4 is 26.7 Å². The Morgan fingerprint density at radius 3 is 2.61 bits per heavy atom. The van der Waals surface area contributed by atoms with Crippen molar-refractivity contribution < 1.29 is 12.9 Å². The van der Waals surface area contributed by atoms with E-state index in [-0.39, 0.29) is 16.7 Å². The van der Waals surface area contributed by atoms with E-state index < -0.39 is 10.0 Å². The first-order chi connectivity index (χ1) is 10.8. The molecular weight excluding hydrogens is 318 g/mol. The van der Waals surface area contributed by atoms with E-state index in [1.165, 1.54) is 6.20 Å². The highest BCUT2D eigenvalue weighted by molar-refractivity contribution is 7.92. The molecular formula is C14H17N5O3S. The molecule has 0 unspecified atom stereocenters. The molecule has 0 amide bonds. The number of rotatable bonds is 4. The molecule has 3 rings (SSSR count). The third-order valence-corrected chi connectivity index (χ3v) is 5.04. The first-order valence-electron chi connectivity index (χ1n) is 7.08. The van der Waals surface area contributed by atoms with Crippen molar-refractivity contribution in [3.63, 3.8) is 0 Å². The van der Waals surface area contributed by atoms with Gasteiger partial charge >= 0.3 is 0 Å². The Hall–Kier alpha value is -2.42. The predicted octanol–water partition coefficient (Wildman–Crippen LogP) is 2.42. The molecule has 122 valence electrons. The van der Waals surface area contributed by atoms with Crippen LogP contribution in [0.4, 0.5) is 5.69 Å². The van der Waals surface area contributed by atoms with Gasteiger partial charge in [-0.1, -0.05) is 5.16 Å². The summed E-state index contributed by atoms with van der Waals surface area (Å²) in [5.41, 5.74) is 1.39. The molecule has 3 aromatic heterocycles. The van der Waals surface area contributed by atoms with Crippen LogP contribution in [0.5, 0.6) is 0 Å². The molecule has 3 heterocycles. The monoisotopic (exact) mass is 335 g/mol. The van der Waals surface area contributed by atoms with Gasteiger partial charge < -0.3 is 4.52 Å². The van der Waals surface area contributed by atoms with Crippen LogP contribution in [-0.2, 0) is 10.0 Å². The summed E-state index contributed by atoms with van der Waals surface area (Å²) in [6.07, 6.45) is 3.13. The SMILES string of the molecule is Cc1noc(C)c1S(=O)(=O)Nc1cnc2c(cnn2C(C)C)c1. The van der Waals surface area contributed by atoms with E-state index in [9.17, 15) is 8.42 Å². The van der Waals surface area contributed by atoms with Crippen molar-refractivity contribution in [2.24, 2.45) is 0 Å². The maximum absolute atomic E-state index is 12.5. The number of sulfonamides is 1. The molecule has 0 fully saturated rings. The molecule has 0 atom stereocenters. The Morgan fingerprint density at radius 1 is 1.26 bits per heavy atom. The van der Waals surface area contributed by atoms with Crippen LogP contribution >= 0.6 is 0 Å². The fourth-order valence-electron chi connectivity index (χ4n) is 2.44. The maximum Gasteiger partial charge on any atom is 0.267 e. The molecule has 23 heavy (non-hydrogen) atoms. The van der Waals surface area contributed by atoms with Gasteiger partial charge in [-0.05, 0) is 33.8 Å². The number of fused-ring (bicyclic) bond motifs is 1. The van der Waals surface area contributed by atoms with Gasteiger partial charge in [-0.25, -0.2) is 18.1 Å². The Kier molecular flexibility index (Phi) is 3.59. The number of hydrogen-bond donors (Lipinski definition) is 1. The van der Waals surface area contributed by atoms with Crippen molar-refractivity contribution in [2.75, 3.05) is 4.72 Å². The predicted molar refractivity (Wildman–Crippen MR) is 84.7 cm³/mol. The number of aryl methyl sites for hydroxylation is 2. The lowest BCUT2D eigenvalue weighted by Gasteiger charge is -2.08. The Morgan fingerprint density at radius 2 is 2.00 bits per heavy atom. The summed E-state index contributed by atoms with van der Waals surface area (Å²) in [7, 11) is -3.78. The van der Waals surface area contributed by atoms with E-state index in [0.29, 0.717) is 17.0 Å². The molecule has 1 N–H and O–H groups in total. The van der Waals surface area contributed by atoms with E-state index in [2.05, 4.69) is 20.0 Å². The molecule has 8 nitrogen and oxygen atoms in total. The largest absolute Gasteiger partial charge is 0.360 e. The van der Waals surface area contributed by atoms with Crippen LogP contribution in [0.3, 0.4) is 0 Å². The molecule has 0 spiro atoms. The maximum atomic E-state index is 12.5. The van der Waals surface area contributed by atoms with Gasteiger partial charge in [0.2, 0.25) is 0 Å². The van der Waals surface area contributed by atoms with Gasteiger partial charge in [-0.3, -0.25) is 4.72 Å². The van der Waals surface area contributed by atoms with Gasteiger partial charge in [-0.2, -0.15) is 5.10 Å². The summed E-state index contributed by atoms with van der Waals surface area (Å²) in [6, 6.07) is 1.87. The number of nitrogens with one attached hydrogen (secondary N) is 1. The lowest BCUT2D eigenvalue weighted by molar-refractivity contribution is 0.390. The van der Waals surface area contributed by atoms with Crippen LogP contribution in [-0.4, -0.2) is 28.3 Å². The molecule has 9 heteroatoms. The second-order valence-electron chi connectivity index (χ2n) is 5.58. The minimum Gasteiger partial charge on any atom is -0.360 e. The average Bonchev–Trinajstić information content (AvgIpc) is 3.01. The minimum absolute atomic E-state index is 0.0514. The van der Waals surface area contributed by atoms with Crippen molar-refractivity contribution in [1.29, 1.82) is 0 Å². The van der Waals surface area contributed by atoms with Gasteiger partial charge in [0.05, 0.1) is 18.1 Å². The van der Waals surface area contributed by atoms with E-state index in [0.717, 1.165) is 5.39 Å². The van der Waals surface area contributed by atoms with Crippen LogP contribution < -0.4 is 4.72 Å². The molecule has 0 bridgehead atoms. The summed E-state index contributed by atoms with van der Waals surface area (Å²) in [6.45, 7) is 7.15. The molecule has 0 aliphatic heterocycles. The molecule has 0 saturated carbocycles. The summed E-state index contributed by atoms with van der Waals surface area (Å²) >= 11 is 0. The highest BCUT2D eigenvalue weighted by atomic mass is 32.2. The quantitative estimate of drug-likeness (QED) is 0.785. The molecule has 3 aromatic rings. The third-order valence-electron chi connectivity index (χ3n) is 3.41. The van der Waals surface area contributed by atoms with Crippen molar-refractivity contribution in [2.45, 2.75) is 38.6 Å². The van der Waals surface area contributed by atoms with Crippen molar-refractivity contribution in [3.05, 3.63) is 29.9 Å². The van der Waals surface area contributed by atoms with Crippen LogP contribution in [0, 0.1) is 13.8 Å². The summed E-state index contributed by atoms with van der Waals surface area (Å²) in [4.78, 5) is 4.36. The average molecular weight is 335 g/mol. The zero-order chi connectivity index (χ0) is 16.8. The molecule has 0 aliphatic rings. The summed E-state index contributed by atoms with van der Waals surface area (Å²) < 4.78 is 34.2. The Labute approximate surface area is 133 Å². The number of anilines is 1. The zero-order valence-electron chi connectivity index (χ0n) is 13.2. The molecule has 0 aliphatic carbocycles. The number of hydrogen-bond acceptors (Lipinski definition) is 6. The highest BCUT2D eigenvalue weighted by Crippen LogP contribution is 2.24.